The number of nitrogens with two attached hydrogens (primary N) is 1. The van der Waals surface area contributed by atoms with E-state index in [2.05, 4.69) is 27.6 Å². The molecule has 2 aliphatic rings. The number of rotatable bonds is 8. The van der Waals surface area contributed by atoms with Gasteiger partial charge in [-0.25, -0.2) is 9.37 Å². The van der Waals surface area contributed by atoms with Crippen molar-refractivity contribution in [2.75, 3.05) is 24.2 Å². The number of fused-ring (bicyclic) bond motifs is 1. The smallest absolute Gasteiger partial charge is 0.265 e. The fraction of sp³-hybridized carbons (Fsp3) is 0.333. The standard InChI is InChI=1S/C30H33FN6O3S/c1-30(2)14-25-18(27(30)38)12-24(41-25)29(40)36-21-11-16(6-8-19(21)31)20(32)13-22(28(33)39)35-26-9-7-17(15-34-26)23-5-4-10-37(23)3/h6-9,11-13,15,23,27,32,38H,4-5,10,14H2,1-3H3,(H2,33,39)(H,34,35)(H,36,40)/b22-13+,32-20?. The number of pyridine rings is 1. The lowest BCUT2D eigenvalue weighted by atomic mass is 9.88. The number of anilines is 2. The average molecular weight is 577 g/mol. The highest BCUT2D eigenvalue weighted by molar-refractivity contribution is 7.14. The van der Waals surface area contributed by atoms with E-state index < -0.39 is 23.7 Å². The van der Waals surface area contributed by atoms with Crippen LogP contribution < -0.4 is 16.4 Å². The van der Waals surface area contributed by atoms with Crippen molar-refractivity contribution in [2.45, 2.75) is 45.3 Å². The molecule has 2 unspecified atom stereocenters. The van der Waals surface area contributed by atoms with Crippen LogP contribution in [-0.2, 0) is 11.2 Å². The number of halogens is 1. The van der Waals surface area contributed by atoms with E-state index in [0.29, 0.717) is 23.2 Å². The number of aliphatic hydroxyl groups is 1. The molecule has 11 heteroatoms. The van der Waals surface area contributed by atoms with Crippen molar-refractivity contribution >= 4 is 40.4 Å². The van der Waals surface area contributed by atoms with Crippen molar-refractivity contribution in [1.82, 2.24) is 9.88 Å². The normalized spacial score (nSPS) is 20.1. The summed E-state index contributed by atoms with van der Waals surface area (Å²) in [4.78, 5) is 33.1. The van der Waals surface area contributed by atoms with Gasteiger partial charge >= 0.3 is 0 Å². The third-order valence-electron chi connectivity index (χ3n) is 7.75. The number of hydrogen-bond acceptors (Lipinski definition) is 8. The minimum atomic E-state index is -0.789. The maximum Gasteiger partial charge on any atom is 0.265 e. The van der Waals surface area contributed by atoms with E-state index in [9.17, 15) is 19.1 Å². The molecule has 1 saturated heterocycles. The van der Waals surface area contributed by atoms with Crippen molar-refractivity contribution in [3.8, 4) is 0 Å². The molecule has 2 amide bonds. The molecular formula is C30H33FN6O3S. The van der Waals surface area contributed by atoms with Crippen LogP contribution in [0.5, 0.6) is 0 Å². The Morgan fingerprint density at radius 1 is 1.24 bits per heavy atom. The first-order valence-electron chi connectivity index (χ1n) is 13.4. The quantitative estimate of drug-likeness (QED) is 0.193. The molecule has 41 heavy (non-hydrogen) atoms. The Morgan fingerprint density at radius 3 is 2.66 bits per heavy atom. The monoisotopic (exact) mass is 576 g/mol. The summed E-state index contributed by atoms with van der Waals surface area (Å²) >= 11 is 1.28. The molecule has 6 N–H and O–H groups in total. The van der Waals surface area contributed by atoms with Crippen LogP contribution in [0.15, 0.2) is 54.4 Å². The van der Waals surface area contributed by atoms with Gasteiger partial charge in [0.05, 0.1) is 22.4 Å². The minimum absolute atomic E-state index is 0.0577. The minimum Gasteiger partial charge on any atom is -0.388 e. The summed E-state index contributed by atoms with van der Waals surface area (Å²) in [6, 6.07) is 9.52. The van der Waals surface area contributed by atoms with Crippen molar-refractivity contribution in [3.05, 3.63) is 86.6 Å². The molecule has 0 radical (unpaired) electrons. The number of likely N-dealkylation sites (tertiary alicyclic amines) is 1. The number of nitrogens with zero attached hydrogens (tertiary/aromatic N) is 2. The van der Waals surface area contributed by atoms with Gasteiger partial charge in [0.1, 0.15) is 17.3 Å². The van der Waals surface area contributed by atoms with E-state index in [1.165, 1.54) is 29.5 Å². The maximum absolute atomic E-state index is 14.6. The van der Waals surface area contributed by atoms with Crippen LogP contribution in [0.25, 0.3) is 0 Å². The second-order valence-corrected chi connectivity index (χ2v) is 12.4. The Kier molecular flexibility index (Phi) is 7.78. The number of carbonyl (C=O) groups excluding carboxylic acids is 2. The van der Waals surface area contributed by atoms with Crippen LogP contribution >= 0.6 is 11.3 Å². The van der Waals surface area contributed by atoms with Crippen molar-refractivity contribution in [3.63, 3.8) is 0 Å². The number of hydrogen-bond donors (Lipinski definition) is 5. The molecule has 1 fully saturated rings. The van der Waals surface area contributed by atoms with E-state index in [-0.39, 0.29) is 28.1 Å². The molecule has 3 aromatic rings. The van der Waals surface area contributed by atoms with Gasteiger partial charge < -0.3 is 26.9 Å². The third-order valence-corrected chi connectivity index (χ3v) is 8.90. The van der Waals surface area contributed by atoms with E-state index in [1.807, 2.05) is 19.9 Å². The summed E-state index contributed by atoms with van der Waals surface area (Å²) in [5.41, 5.74) is 7.06. The fourth-order valence-corrected chi connectivity index (χ4v) is 6.70. The third kappa shape index (κ3) is 5.92. The molecule has 1 aliphatic heterocycles. The van der Waals surface area contributed by atoms with Crippen LogP contribution in [-0.4, -0.2) is 46.1 Å². The van der Waals surface area contributed by atoms with Crippen LogP contribution in [0.1, 0.15) is 70.1 Å². The van der Waals surface area contributed by atoms with E-state index in [1.54, 1.807) is 18.3 Å². The van der Waals surface area contributed by atoms with Crippen LogP contribution in [0.4, 0.5) is 15.9 Å². The Bertz CT molecular complexity index is 1550. The first-order valence-corrected chi connectivity index (χ1v) is 14.2. The number of amides is 2. The summed E-state index contributed by atoms with van der Waals surface area (Å²) in [6.45, 7) is 4.97. The van der Waals surface area contributed by atoms with E-state index >= 15 is 0 Å². The highest BCUT2D eigenvalue weighted by atomic mass is 32.1. The lowest BCUT2D eigenvalue weighted by Crippen LogP contribution is -2.22. The molecule has 0 saturated carbocycles. The number of thiophene rings is 1. The summed E-state index contributed by atoms with van der Waals surface area (Å²) in [7, 11) is 2.08. The van der Waals surface area contributed by atoms with E-state index in [4.69, 9.17) is 11.1 Å². The average Bonchev–Trinajstić information content (AvgIpc) is 3.60. The van der Waals surface area contributed by atoms with Gasteiger partial charge in [0.2, 0.25) is 0 Å². The number of benzene rings is 1. The molecule has 2 atom stereocenters. The molecule has 1 aliphatic carbocycles. The Hall–Kier alpha value is -3.93. The zero-order valence-corrected chi connectivity index (χ0v) is 23.9. The van der Waals surface area contributed by atoms with Gasteiger partial charge in [-0.3, -0.25) is 14.5 Å². The number of aromatic nitrogens is 1. The summed E-state index contributed by atoms with van der Waals surface area (Å²) < 4.78 is 14.6. The molecular weight excluding hydrogens is 543 g/mol. The number of carbonyl (C=O) groups is 2. The molecule has 5 rings (SSSR count). The second-order valence-electron chi connectivity index (χ2n) is 11.3. The number of nitrogens with one attached hydrogen (secondary N) is 3. The molecule has 1 aromatic carbocycles. The summed E-state index contributed by atoms with van der Waals surface area (Å²) in [5.74, 6) is -1.57. The topological polar surface area (TPSA) is 144 Å². The van der Waals surface area contributed by atoms with Gasteiger partial charge in [0, 0.05) is 22.7 Å². The van der Waals surface area contributed by atoms with Gasteiger partial charge in [-0.2, -0.15) is 0 Å². The maximum atomic E-state index is 14.6. The number of allylic oxidation sites excluding steroid dienone is 1. The van der Waals surface area contributed by atoms with Gasteiger partial charge in [-0.15, -0.1) is 11.3 Å². The summed E-state index contributed by atoms with van der Waals surface area (Å²) in [5, 5.41) is 24.5. The summed E-state index contributed by atoms with van der Waals surface area (Å²) in [6.07, 6.45) is 5.18. The molecule has 2 aromatic heterocycles. The number of aliphatic hydroxyl groups excluding tert-OH is 1. The van der Waals surface area contributed by atoms with Crippen LogP contribution in [0.2, 0.25) is 0 Å². The predicted octanol–water partition coefficient (Wildman–Crippen LogP) is 4.77. The fourth-order valence-electron chi connectivity index (χ4n) is 5.37. The van der Waals surface area contributed by atoms with Crippen molar-refractivity contribution in [2.24, 2.45) is 11.1 Å². The first-order chi connectivity index (χ1) is 19.4. The van der Waals surface area contributed by atoms with Crippen LogP contribution in [0, 0.1) is 16.6 Å². The second kappa shape index (κ2) is 11.2. The van der Waals surface area contributed by atoms with Gasteiger partial charge in [-0.05, 0) is 85.8 Å². The van der Waals surface area contributed by atoms with Crippen molar-refractivity contribution in [1.29, 1.82) is 5.41 Å². The lowest BCUT2D eigenvalue weighted by Gasteiger charge is -2.22. The molecule has 3 heterocycles. The SMILES string of the molecule is CN1CCCC1c1ccc(N/C(=C/C(=N)c2ccc(F)c(NC(=O)c3cc4c(s3)CC(C)(C)C4O)c2)C(N)=O)nc1. The van der Waals surface area contributed by atoms with Gasteiger partial charge in [-0.1, -0.05) is 19.9 Å². The van der Waals surface area contributed by atoms with Crippen LogP contribution in [0.3, 0.4) is 0 Å². The molecule has 214 valence electrons. The van der Waals surface area contributed by atoms with Crippen molar-refractivity contribution < 1.29 is 19.1 Å². The molecule has 0 bridgehead atoms. The predicted molar refractivity (Wildman–Crippen MR) is 158 cm³/mol. The van der Waals surface area contributed by atoms with E-state index in [0.717, 1.165) is 41.5 Å². The number of primary amides is 1. The first kappa shape index (κ1) is 28.6. The highest BCUT2D eigenvalue weighted by Gasteiger charge is 2.40. The van der Waals surface area contributed by atoms with Gasteiger partial charge in [0.15, 0.2) is 0 Å². The molecule has 0 spiro atoms. The molecule has 9 nitrogen and oxygen atoms in total. The zero-order chi connectivity index (χ0) is 29.5. The highest BCUT2D eigenvalue weighted by Crippen LogP contribution is 2.48. The Balaban J connectivity index is 1.30. The zero-order valence-electron chi connectivity index (χ0n) is 23.1. The lowest BCUT2D eigenvalue weighted by molar-refractivity contribution is -0.114. The Labute approximate surface area is 241 Å². The Morgan fingerprint density at radius 2 is 2.02 bits per heavy atom. The largest absolute Gasteiger partial charge is 0.388 e. The van der Waals surface area contributed by atoms with Gasteiger partial charge in [0.25, 0.3) is 11.8 Å².